The molecule has 0 unspecified atom stereocenters. The number of hydrogen-bond donors (Lipinski definition) is 0. The first-order valence-electron chi connectivity index (χ1n) is 12.3. The third-order valence-electron chi connectivity index (χ3n) is 7.32. The Bertz CT molecular complexity index is 1360. The lowest BCUT2D eigenvalue weighted by molar-refractivity contribution is -0.385. The van der Waals surface area contributed by atoms with E-state index in [4.69, 9.17) is 0 Å². The summed E-state index contributed by atoms with van der Waals surface area (Å²) < 4.78 is 13.2. The summed E-state index contributed by atoms with van der Waals surface area (Å²) in [5, 5.41) is 11.1. The minimum Gasteiger partial charge on any atom is -0.336 e. The predicted octanol–water partition coefficient (Wildman–Crippen LogP) is 4.40. The molecule has 3 aromatic rings. The molecule has 5 rings (SSSR count). The van der Waals surface area contributed by atoms with Crippen LogP contribution in [0.3, 0.4) is 0 Å². The van der Waals surface area contributed by atoms with Crippen LogP contribution in [-0.4, -0.2) is 57.2 Å². The molecule has 2 aromatic carbocycles. The highest BCUT2D eigenvalue weighted by atomic mass is 19.1. The summed E-state index contributed by atoms with van der Waals surface area (Å²) in [6.45, 7) is 3.16. The highest BCUT2D eigenvalue weighted by Crippen LogP contribution is 2.33. The first-order valence-corrected chi connectivity index (χ1v) is 12.3. The van der Waals surface area contributed by atoms with E-state index >= 15 is 0 Å². The van der Waals surface area contributed by atoms with E-state index < -0.39 is 4.92 Å². The molecule has 0 bridgehead atoms. The zero-order chi connectivity index (χ0) is 26.1. The number of pyridine rings is 1. The van der Waals surface area contributed by atoms with E-state index in [0.29, 0.717) is 37.2 Å². The normalized spacial score (nSPS) is 19.0. The first kappa shape index (κ1) is 24.5. The number of likely N-dealkylation sites (tertiary alicyclic amines) is 2. The van der Waals surface area contributed by atoms with Gasteiger partial charge in [0.05, 0.1) is 11.0 Å². The van der Waals surface area contributed by atoms with Crippen LogP contribution in [0.5, 0.6) is 0 Å². The van der Waals surface area contributed by atoms with Crippen LogP contribution in [0, 0.1) is 28.8 Å². The van der Waals surface area contributed by atoms with Gasteiger partial charge < -0.3 is 9.80 Å². The van der Waals surface area contributed by atoms with E-state index in [-0.39, 0.29) is 41.0 Å². The molecule has 1 aromatic heterocycles. The van der Waals surface area contributed by atoms with Crippen molar-refractivity contribution in [3.63, 3.8) is 0 Å². The number of benzene rings is 2. The van der Waals surface area contributed by atoms with Crippen molar-refractivity contribution in [1.29, 1.82) is 0 Å². The first-order chi connectivity index (χ1) is 17.8. The number of fused-ring (bicyclic) bond motifs is 1. The van der Waals surface area contributed by atoms with Crippen molar-refractivity contribution in [3.8, 4) is 0 Å². The SMILES string of the molecule is Cc1cc(C(=O)N2CCC[C@@H]3CN(C(=O)c4cccc(Cc5ccc(F)cc5)c4)C[C@@H]32)ncc1[N+](=O)[O-]. The topological polar surface area (TPSA) is 96.7 Å². The van der Waals surface area contributed by atoms with Crippen molar-refractivity contribution in [2.45, 2.75) is 32.2 Å². The molecule has 190 valence electrons. The molecular weight excluding hydrogens is 475 g/mol. The lowest BCUT2D eigenvalue weighted by Crippen LogP contribution is -2.48. The van der Waals surface area contributed by atoms with E-state index in [1.165, 1.54) is 18.2 Å². The van der Waals surface area contributed by atoms with Gasteiger partial charge in [-0.25, -0.2) is 9.37 Å². The molecule has 2 fully saturated rings. The number of hydrogen-bond acceptors (Lipinski definition) is 5. The molecule has 0 aliphatic carbocycles. The van der Waals surface area contributed by atoms with Crippen molar-refractivity contribution in [3.05, 3.63) is 105 Å². The van der Waals surface area contributed by atoms with Crippen molar-refractivity contribution in [2.24, 2.45) is 5.92 Å². The van der Waals surface area contributed by atoms with Gasteiger partial charge in [0, 0.05) is 30.8 Å². The van der Waals surface area contributed by atoms with Gasteiger partial charge in [-0.2, -0.15) is 0 Å². The number of aryl methyl sites for hydroxylation is 1. The lowest BCUT2D eigenvalue weighted by atomic mass is 9.92. The van der Waals surface area contributed by atoms with Gasteiger partial charge in [0.25, 0.3) is 17.5 Å². The van der Waals surface area contributed by atoms with Gasteiger partial charge in [0.15, 0.2) is 0 Å². The number of nitrogens with zero attached hydrogens (tertiary/aromatic N) is 4. The van der Waals surface area contributed by atoms with Crippen LogP contribution in [0.2, 0.25) is 0 Å². The number of halogens is 1. The maximum atomic E-state index is 13.4. The van der Waals surface area contributed by atoms with E-state index in [1.54, 1.807) is 30.0 Å². The largest absolute Gasteiger partial charge is 0.336 e. The van der Waals surface area contributed by atoms with E-state index in [2.05, 4.69) is 4.98 Å². The molecule has 0 N–H and O–H groups in total. The van der Waals surface area contributed by atoms with Gasteiger partial charge >= 0.3 is 0 Å². The molecule has 2 saturated heterocycles. The summed E-state index contributed by atoms with van der Waals surface area (Å²) in [6, 6.07) is 15.2. The summed E-state index contributed by atoms with van der Waals surface area (Å²) in [5.74, 6) is -0.450. The van der Waals surface area contributed by atoms with E-state index in [1.807, 2.05) is 23.1 Å². The smallest absolute Gasteiger partial charge is 0.290 e. The van der Waals surface area contributed by atoms with Crippen molar-refractivity contribution in [1.82, 2.24) is 14.8 Å². The second-order valence-corrected chi connectivity index (χ2v) is 9.80. The summed E-state index contributed by atoms with van der Waals surface area (Å²) in [7, 11) is 0. The minimum atomic E-state index is -0.511. The Balaban J connectivity index is 1.30. The van der Waals surface area contributed by atoms with Crippen LogP contribution in [0.1, 0.15) is 50.4 Å². The molecule has 0 saturated carbocycles. The number of carbonyl (C=O) groups is 2. The summed E-state index contributed by atoms with van der Waals surface area (Å²) in [5.41, 5.74) is 2.96. The Morgan fingerprint density at radius 2 is 1.86 bits per heavy atom. The van der Waals surface area contributed by atoms with Gasteiger partial charge in [-0.15, -0.1) is 0 Å². The fourth-order valence-corrected chi connectivity index (χ4v) is 5.44. The molecule has 2 atom stereocenters. The van der Waals surface area contributed by atoms with Crippen LogP contribution in [0.25, 0.3) is 0 Å². The Hall–Kier alpha value is -4.14. The molecule has 0 spiro atoms. The molecule has 9 heteroatoms. The van der Waals surface area contributed by atoms with Gasteiger partial charge in [0.1, 0.15) is 17.7 Å². The van der Waals surface area contributed by atoms with Crippen molar-refractivity contribution >= 4 is 17.5 Å². The predicted molar refractivity (Wildman–Crippen MR) is 135 cm³/mol. The quantitative estimate of drug-likeness (QED) is 0.381. The summed E-state index contributed by atoms with van der Waals surface area (Å²) in [4.78, 5) is 45.0. The fourth-order valence-electron chi connectivity index (χ4n) is 5.44. The maximum Gasteiger partial charge on any atom is 0.290 e. The van der Waals surface area contributed by atoms with Gasteiger partial charge in [-0.3, -0.25) is 19.7 Å². The summed E-state index contributed by atoms with van der Waals surface area (Å²) in [6.07, 6.45) is 3.48. The highest BCUT2D eigenvalue weighted by molar-refractivity contribution is 5.95. The van der Waals surface area contributed by atoms with Crippen molar-refractivity contribution < 1.29 is 18.9 Å². The molecule has 3 heterocycles. The standard InChI is InChI=1S/C28H27FN4O4/c1-18-12-24(30-15-25(18)33(36)37)28(35)32-11-3-6-22-16-31(17-26(22)32)27(34)21-5-2-4-20(14-21)13-19-7-9-23(29)10-8-19/h2,4-5,7-10,12,14-15,22,26H,3,6,11,13,16-17H2,1H3/t22-,26+/m1/s1. The van der Waals surface area contributed by atoms with Crippen LogP contribution < -0.4 is 0 Å². The Morgan fingerprint density at radius 3 is 2.59 bits per heavy atom. The number of amides is 2. The number of aromatic nitrogens is 1. The highest BCUT2D eigenvalue weighted by Gasteiger charge is 2.43. The molecule has 8 nitrogen and oxygen atoms in total. The molecule has 2 aliphatic heterocycles. The molecule has 37 heavy (non-hydrogen) atoms. The zero-order valence-corrected chi connectivity index (χ0v) is 20.5. The number of rotatable bonds is 5. The average Bonchev–Trinajstić information content (AvgIpc) is 3.33. The maximum absolute atomic E-state index is 13.4. The second kappa shape index (κ2) is 10.1. The zero-order valence-electron chi connectivity index (χ0n) is 20.5. The monoisotopic (exact) mass is 502 g/mol. The van der Waals surface area contributed by atoms with E-state index in [0.717, 1.165) is 30.2 Å². The van der Waals surface area contributed by atoms with Crippen molar-refractivity contribution in [2.75, 3.05) is 19.6 Å². The minimum absolute atomic E-state index is 0.0768. The average molecular weight is 503 g/mol. The second-order valence-electron chi connectivity index (χ2n) is 9.80. The van der Waals surface area contributed by atoms with Crippen LogP contribution in [0.4, 0.5) is 10.1 Å². The Labute approximate surface area is 213 Å². The van der Waals surface area contributed by atoms with Gasteiger partial charge in [-0.05, 0) is 73.6 Å². The molecule has 0 radical (unpaired) electrons. The summed E-state index contributed by atoms with van der Waals surface area (Å²) >= 11 is 0. The fraction of sp³-hybridized carbons (Fsp3) is 0.321. The molecule has 2 aliphatic rings. The van der Waals surface area contributed by atoms with Crippen LogP contribution >= 0.6 is 0 Å². The van der Waals surface area contributed by atoms with Crippen LogP contribution in [-0.2, 0) is 6.42 Å². The third-order valence-corrected chi connectivity index (χ3v) is 7.32. The molecular formula is C28H27FN4O4. The molecule has 2 amide bonds. The van der Waals surface area contributed by atoms with Crippen LogP contribution in [0.15, 0.2) is 60.8 Å². The van der Waals surface area contributed by atoms with E-state index in [9.17, 15) is 24.1 Å². The van der Waals surface area contributed by atoms with Gasteiger partial charge in [0.2, 0.25) is 0 Å². The number of nitro groups is 1. The Morgan fingerprint density at radius 1 is 1.08 bits per heavy atom. The number of carbonyl (C=O) groups excluding carboxylic acids is 2. The Kier molecular flexibility index (Phi) is 6.69. The number of piperidine rings is 1. The van der Waals surface area contributed by atoms with Gasteiger partial charge in [-0.1, -0.05) is 24.3 Å². The lowest BCUT2D eigenvalue weighted by Gasteiger charge is -2.36. The third kappa shape index (κ3) is 5.07.